The lowest BCUT2D eigenvalue weighted by Gasteiger charge is -2.45. The van der Waals surface area contributed by atoms with Crippen molar-refractivity contribution in [1.82, 2.24) is 4.90 Å². The molecule has 186 valence electrons. The quantitative estimate of drug-likeness (QED) is 0.526. The van der Waals surface area contributed by atoms with Crippen molar-refractivity contribution in [3.05, 3.63) is 35.5 Å². The van der Waals surface area contributed by atoms with Gasteiger partial charge in [-0.1, -0.05) is 43.7 Å². The van der Waals surface area contributed by atoms with E-state index in [-0.39, 0.29) is 18.4 Å². The lowest BCUT2D eigenvalue weighted by molar-refractivity contribution is -0.170. The smallest absolute Gasteiger partial charge is 0.388 e. The Bertz CT molecular complexity index is 788. The first-order valence-corrected chi connectivity index (χ1v) is 12.7. The number of fused-ring (bicyclic) bond motifs is 1. The SMILES string of the molecule is C=C1[C@H](O)CC(=C/C=C2\CCC[C@]3(C)[C@@H]([C@H](C)CN4CCC(C(F)(F)F)C4)CC[C@@H]23)C[C@H]1O. The molecular weight excluding hydrogens is 427 g/mol. The highest BCUT2D eigenvalue weighted by atomic mass is 19.4. The minimum atomic E-state index is -4.07. The van der Waals surface area contributed by atoms with Crippen LogP contribution in [0.1, 0.15) is 65.2 Å². The zero-order valence-corrected chi connectivity index (χ0v) is 20.1. The van der Waals surface area contributed by atoms with E-state index in [9.17, 15) is 23.4 Å². The minimum absolute atomic E-state index is 0.156. The maximum atomic E-state index is 13.1. The summed E-state index contributed by atoms with van der Waals surface area (Å²) < 4.78 is 39.3. The van der Waals surface area contributed by atoms with Crippen molar-refractivity contribution in [3.63, 3.8) is 0 Å². The molecule has 4 aliphatic rings. The van der Waals surface area contributed by atoms with Crippen molar-refractivity contribution in [2.24, 2.45) is 29.1 Å². The van der Waals surface area contributed by atoms with Crippen molar-refractivity contribution in [1.29, 1.82) is 0 Å². The van der Waals surface area contributed by atoms with E-state index in [0.717, 1.165) is 37.8 Å². The molecule has 3 aliphatic carbocycles. The summed E-state index contributed by atoms with van der Waals surface area (Å²) in [5, 5.41) is 20.3. The third-order valence-corrected chi connectivity index (χ3v) is 9.31. The second-order valence-electron chi connectivity index (χ2n) is 11.4. The number of nitrogens with zero attached hydrogens (tertiary/aromatic N) is 1. The molecule has 0 radical (unpaired) electrons. The average Bonchev–Trinajstić information content (AvgIpc) is 3.34. The molecule has 0 amide bonds. The van der Waals surface area contributed by atoms with Crippen LogP contribution in [0.3, 0.4) is 0 Å². The summed E-state index contributed by atoms with van der Waals surface area (Å²) in [5.74, 6) is 0.276. The van der Waals surface area contributed by atoms with Gasteiger partial charge in [-0.15, -0.1) is 0 Å². The summed E-state index contributed by atoms with van der Waals surface area (Å²) in [7, 11) is 0. The Labute approximate surface area is 196 Å². The van der Waals surface area contributed by atoms with E-state index in [4.69, 9.17) is 0 Å². The Morgan fingerprint density at radius 3 is 2.48 bits per heavy atom. The highest BCUT2D eigenvalue weighted by molar-refractivity contribution is 5.29. The zero-order chi connectivity index (χ0) is 24.0. The maximum Gasteiger partial charge on any atom is 0.393 e. The molecule has 33 heavy (non-hydrogen) atoms. The van der Waals surface area contributed by atoms with Crippen LogP contribution in [-0.2, 0) is 0 Å². The van der Waals surface area contributed by atoms with Crippen LogP contribution in [0.5, 0.6) is 0 Å². The van der Waals surface area contributed by atoms with Gasteiger partial charge in [0.05, 0.1) is 18.1 Å². The lowest BCUT2D eigenvalue weighted by Crippen LogP contribution is -2.39. The third-order valence-electron chi connectivity index (χ3n) is 9.31. The molecule has 6 heteroatoms. The summed E-state index contributed by atoms with van der Waals surface area (Å²) >= 11 is 0. The molecule has 1 aliphatic heterocycles. The number of aliphatic hydroxyl groups excluding tert-OH is 2. The van der Waals surface area contributed by atoms with Crippen molar-refractivity contribution in [2.45, 2.75) is 83.6 Å². The predicted octanol–water partition coefficient (Wildman–Crippen LogP) is 5.65. The number of rotatable bonds is 4. The highest BCUT2D eigenvalue weighted by Gasteiger charge is 2.51. The fraction of sp³-hybridized carbons (Fsp3) is 0.778. The van der Waals surface area contributed by atoms with Gasteiger partial charge in [0, 0.05) is 13.1 Å². The third kappa shape index (κ3) is 5.13. The van der Waals surface area contributed by atoms with E-state index in [1.54, 1.807) is 0 Å². The van der Waals surface area contributed by atoms with Crippen LogP contribution in [0.2, 0.25) is 0 Å². The lowest BCUT2D eigenvalue weighted by atomic mass is 9.61. The molecule has 3 nitrogen and oxygen atoms in total. The van der Waals surface area contributed by atoms with Crippen molar-refractivity contribution in [2.75, 3.05) is 19.6 Å². The van der Waals surface area contributed by atoms with Crippen LogP contribution < -0.4 is 0 Å². The zero-order valence-electron chi connectivity index (χ0n) is 20.1. The van der Waals surface area contributed by atoms with E-state index in [0.29, 0.717) is 42.7 Å². The van der Waals surface area contributed by atoms with Crippen LogP contribution in [-0.4, -0.2) is 53.1 Å². The van der Waals surface area contributed by atoms with Gasteiger partial charge in [0.1, 0.15) is 0 Å². The molecule has 1 heterocycles. The molecule has 1 unspecified atom stereocenters. The number of halogens is 3. The van der Waals surface area contributed by atoms with Gasteiger partial charge < -0.3 is 15.1 Å². The van der Waals surface area contributed by atoms with E-state index in [1.807, 2.05) is 4.90 Å². The molecule has 0 aromatic carbocycles. The van der Waals surface area contributed by atoms with E-state index in [2.05, 4.69) is 32.6 Å². The number of aliphatic hydroxyl groups is 2. The fourth-order valence-corrected chi connectivity index (χ4v) is 7.44. The second kappa shape index (κ2) is 9.50. The molecule has 3 saturated carbocycles. The first kappa shape index (κ1) is 25.0. The predicted molar refractivity (Wildman–Crippen MR) is 124 cm³/mol. The van der Waals surface area contributed by atoms with Gasteiger partial charge in [0.25, 0.3) is 0 Å². The average molecular weight is 468 g/mol. The molecule has 2 N–H and O–H groups in total. The molecule has 7 atom stereocenters. The van der Waals surface area contributed by atoms with Crippen molar-refractivity contribution in [3.8, 4) is 0 Å². The molecule has 0 spiro atoms. The maximum absolute atomic E-state index is 13.1. The number of likely N-dealkylation sites (tertiary alicyclic amines) is 1. The van der Waals surface area contributed by atoms with Crippen LogP contribution in [0.15, 0.2) is 35.5 Å². The van der Waals surface area contributed by atoms with Gasteiger partial charge in [0.2, 0.25) is 0 Å². The number of alkyl halides is 3. The van der Waals surface area contributed by atoms with E-state index < -0.39 is 24.3 Å². The largest absolute Gasteiger partial charge is 0.393 e. The Morgan fingerprint density at radius 2 is 1.85 bits per heavy atom. The van der Waals surface area contributed by atoms with Gasteiger partial charge in [-0.3, -0.25) is 0 Å². The van der Waals surface area contributed by atoms with Crippen LogP contribution in [0, 0.1) is 29.1 Å². The summed E-state index contributed by atoms with van der Waals surface area (Å²) in [6.07, 6.45) is 5.95. The van der Waals surface area contributed by atoms with Crippen molar-refractivity contribution < 1.29 is 23.4 Å². The molecule has 4 fully saturated rings. The van der Waals surface area contributed by atoms with Crippen LogP contribution in [0.4, 0.5) is 13.2 Å². The Kier molecular flexibility index (Phi) is 7.20. The normalized spacial score (nSPS) is 40.3. The Hall–Kier alpha value is -1.11. The summed E-state index contributed by atoms with van der Waals surface area (Å²) in [6, 6.07) is 0. The molecule has 1 saturated heterocycles. The van der Waals surface area contributed by atoms with Crippen molar-refractivity contribution >= 4 is 0 Å². The molecule has 4 rings (SSSR count). The van der Waals surface area contributed by atoms with Crippen LogP contribution >= 0.6 is 0 Å². The fourth-order valence-electron chi connectivity index (χ4n) is 7.44. The minimum Gasteiger partial charge on any atom is -0.388 e. The Balaban J connectivity index is 1.42. The first-order valence-electron chi connectivity index (χ1n) is 12.7. The highest BCUT2D eigenvalue weighted by Crippen LogP contribution is 2.59. The number of hydrogen-bond acceptors (Lipinski definition) is 3. The first-order chi connectivity index (χ1) is 15.5. The summed E-state index contributed by atoms with van der Waals surface area (Å²) in [5.41, 5.74) is 3.25. The second-order valence-corrected chi connectivity index (χ2v) is 11.4. The van der Waals surface area contributed by atoms with Gasteiger partial charge in [-0.2, -0.15) is 13.2 Å². The summed E-state index contributed by atoms with van der Waals surface area (Å²) in [4.78, 5) is 2.04. The summed E-state index contributed by atoms with van der Waals surface area (Å²) in [6.45, 7) is 9.93. The van der Waals surface area contributed by atoms with Gasteiger partial charge in [-0.05, 0) is 86.7 Å². The van der Waals surface area contributed by atoms with Gasteiger partial charge in [-0.25, -0.2) is 0 Å². The number of allylic oxidation sites excluding steroid dienone is 3. The van der Waals surface area contributed by atoms with Gasteiger partial charge in [0.15, 0.2) is 0 Å². The van der Waals surface area contributed by atoms with Crippen LogP contribution in [0.25, 0.3) is 0 Å². The molecule has 0 aromatic heterocycles. The molecule has 0 bridgehead atoms. The van der Waals surface area contributed by atoms with Gasteiger partial charge >= 0.3 is 6.18 Å². The monoisotopic (exact) mass is 467 g/mol. The van der Waals surface area contributed by atoms with E-state index >= 15 is 0 Å². The van der Waals surface area contributed by atoms with E-state index in [1.165, 1.54) is 12.0 Å². The Morgan fingerprint density at radius 1 is 1.15 bits per heavy atom. The molecular formula is C27H40F3NO2. The molecule has 0 aromatic rings. The number of hydrogen-bond donors (Lipinski definition) is 2. The topological polar surface area (TPSA) is 43.7 Å². The standard InChI is InChI=1S/C27H40F3NO2/c1-17(15-31-12-10-21(16-31)27(28,29)30)22-8-9-23-20(5-4-11-26(22,23)3)7-6-19-13-24(32)18(2)25(33)14-19/h6-7,17,21-25,32-33H,2,4-5,8-16H2,1,3H3/b20-7+/t17-,21?,22-,23+,24-,25-,26-/m1/s1.